The summed E-state index contributed by atoms with van der Waals surface area (Å²) in [5.41, 5.74) is -0.250. The Morgan fingerprint density at radius 3 is 2.56 bits per heavy atom. The summed E-state index contributed by atoms with van der Waals surface area (Å²) < 4.78 is 1.93. The van der Waals surface area contributed by atoms with E-state index in [-0.39, 0.29) is 18.2 Å². The molecule has 2 atom stereocenters. The first-order chi connectivity index (χ1) is 7.47. The monoisotopic (exact) mass is 225 g/mol. The van der Waals surface area contributed by atoms with E-state index in [1.165, 1.54) is 0 Å². The Morgan fingerprint density at radius 2 is 2.12 bits per heavy atom. The molecule has 2 unspecified atom stereocenters. The molecule has 1 heterocycles. The van der Waals surface area contributed by atoms with Gasteiger partial charge >= 0.3 is 0 Å². The Hall–Kier alpha value is -0.870. The van der Waals surface area contributed by atoms with Gasteiger partial charge in [0.2, 0.25) is 0 Å². The lowest BCUT2D eigenvalue weighted by Crippen LogP contribution is -2.50. The molecular formula is C12H23N3O. The lowest BCUT2D eigenvalue weighted by Gasteiger charge is -2.33. The fraction of sp³-hybridized carbons (Fsp3) is 0.750. The SMILES string of the molecule is CC(C)NC(C)(CO)CC(C)n1cccn1. The second-order valence-electron chi connectivity index (χ2n) is 5.06. The molecule has 0 aliphatic carbocycles. The number of nitrogens with zero attached hydrogens (tertiary/aromatic N) is 2. The van der Waals surface area contributed by atoms with Gasteiger partial charge in [0, 0.05) is 24.0 Å². The molecule has 16 heavy (non-hydrogen) atoms. The van der Waals surface area contributed by atoms with Crippen molar-refractivity contribution < 1.29 is 5.11 Å². The number of aromatic nitrogens is 2. The molecule has 0 radical (unpaired) electrons. The van der Waals surface area contributed by atoms with Crippen LogP contribution in [-0.4, -0.2) is 33.1 Å². The van der Waals surface area contributed by atoms with Crippen LogP contribution in [0.1, 0.15) is 40.2 Å². The molecule has 0 aromatic carbocycles. The lowest BCUT2D eigenvalue weighted by molar-refractivity contribution is 0.140. The summed E-state index contributed by atoms with van der Waals surface area (Å²) >= 11 is 0. The first-order valence-electron chi connectivity index (χ1n) is 5.84. The molecule has 0 saturated carbocycles. The number of nitrogens with one attached hydrogen (secondary N) is 1. The number of hydrogen-bond acceptors (Lipinski definition) is 3. The maximum Gasteiger partial charge on any atom is 0.0611 e. The van der Waals surface area contributed by atoms with Crippen molar-refractivity contribution in [3.8, 4) is 0 Å². The average molecular weight is 225 g/mol. The molecule has 0 amide bonds. The highest BCUT2D eigenvalue weighted by molar-refractivity contribution is 4.89. The van der Waals surface area contributed by atoms with E-state index in [4.69, 9.17) is 0 Å². The van der Waals surface area contributed by atoms with Crippen molar-refractivity contribution in [2.75, 3.05) is 6.61 Å². The van der Waals surface area contributed by atoms with Gasteiger partial charge in [-0.25, -0.2) is 0 Å². The van der Waals surface area contributed by atoms with Crippen molar-refractivity contribution in [2.24, 2.45) is 0 Å². The smallest absolute Gasteiger partial charge is 0.0611 e. The number of rotatable bonds is 6. The second kappa shape index (κ2) is 5.46. The maximum atomic E-state index is 9.49. The van der Waals surface area contributed by atoms with Crippen molar-refractivity contribution in [1.29, 1.82) is 0 Å². The van der Waals surface area contributed by atoms with E-state index in [2.05, 4.69) is 31.2 Å². The van der Waals surface area contributed by atoms with E-state index in [1.54, 1.807) is 6.20 Å². The molecule has 0 fully saturated rings. The molecule has 0 aliphatic rings. The summed E-state index contributed by atoms with van der Waals surface area (Å²) in [6.45, 7) is 8.48. The molecule has 92 valence electrons. The fourth-order valence-electron chi connectivity index (χ4n) is 2.15. The molecule has 0 bridgehead atoms. The van der Waals surface area contributed by atoms with Crippen molar-refractivity contribution in [3.05, 3.63) is 18.5 Å². The average Bonchev–Trinajstić information content (AvgIpc) is 2.69. The highest BCUT2D eigenvalue weighted by Gasteiger charge is 2.26. The van der Waals surface area contributed by atoms with Crippen molar-refractivity contribution in [2.45, 2.75) is 51.7 Å². The quantitative estimate of drug-likeness (QED) is 0.773. The summed E-state index contributed by atoms with van der Waals surface area (Å²) in [7, 11) is 0. The number of aliphatic hydroxyl groups excluding tert-OH is 1. The Bertz CT molecular complexity index is 297. The predicted molar refractivity (Wildman–Crippen MR) is 65.3 cm³/mol. The zero-order chi connectivity index (χ0) is 12.2. The van der Waals surface area contributed by atoms with E-state index in [9.17, 15) is 5.11 Å². The maximum absolute atomic E-state index is 9.49. The van der Waals surface area contributed by atoms with Gasteiger partial charge in [0.1, 0.15) is 0 Å². The molecule has 1 aromatic heterocycles. The van der Waals surface area contributed by atoms with Gasteiger partial charge < -0.3 is 10.4 Å². The van der Waals surface area contributed by atoms with Gasteiger partial charge in [0.05, 0.1) is 12.6 Å². The summed E-state index contributed by atoms with van der Waals surface area (Å²) in [6, 6.07) is 2.56. The zero-order valence-electron chi connectivity index (χ0n) is 10.6. The van der Waals surface area contributed by atoms with Crippen LogP contribution in [0.5, 0.6) is 0 Å². The standard InChI is InChI=1S/C12H23N3O/c1-10(2)14-12(4,9-16)8-11(3)15-7-5-6-13-15/h5-7,10-11,14,16H,8-9H2,1-4H3. The normalized spacial score (nSPS) is 17.4. The topological polar surface area (TPSA) is 50.1 Å². The predicted octanol–water partition coefficient (Wildman–Crippen LogP) is 1.58. The Morgan fingerprint density at radius 1 is 1.44 bits per heavy atom. The highest BCUT2D eigenvalue weighted by Crippen LogP contribution is 2.20. The van der Waals surface area contributed by atoms with E-state index in [1.807, 2.05) is 23.9 Å². The molecule has 0 saturated heterocycles. The zero-order valence-corrected chi connectivity index (χ0v) is 10.6. The second-order valence-corrected chi connectivity index (χ2v) is 5.06. The minimum atomic E-state index is -0.250. The number of aliphatic hydroxyl groups is 1. The molecule has 0 aliphatic heterocycles. The van der Waals surface area contributed by atoms with E-state index >= 15 is 0 Å². The van der Waals surface area contributed by atoms with Gasteiger partial charge in [0.15, 0.2) is 0 Å². The third-order valence-electron chi connectivity index (χ3n) is 2.71. The summed E-state index contributed by atoms with van der Waals surface area (Å²) in [4.78, 5) is 0. The van der Waals surface area contributed by atoms with Gasteiger partial charge in [-0.3, -0.25) is 4.68 Å². The van der Waals surface area contributed by atoms with Crippen LogP contribution < -0.4 is 5.32 Å². The van der Waals surface area contributed by atoms with Crippen LogP contribution in [0.2, 0.25) is 0 Å². The van der Waals surface area contributed by atoms with E-state index in [0.717, 1.165) is 6.42 Å². The van der Waals surface area contributed by atoms with Gasteiger partial charge in [-0.05, 0) is 26.3 Å². The third kappa shape index (κ3) is 3.61. The Balaban J connectivity index is 2.62. The molecule has 0 spiro atoms. The molecule has 4 heteroatoms. The van der Waals surface area contributed by atoms with Crippen molar-refractivity contribution in [1.82, 2.24) is 15.1 Å². The van der Waals surface area contributed by atoms with Crippen LogP contribution in [0, 0.1) is 0 Å². The van der Waals surface area contributed by atoms with Crippen LogP contribution in [-0.2, 0) is 0 Å². The molecular weight excluding hydrogens is 202 g/mol. The summed E-state index contributed by atoms with van der Waals surface area (Å²) in [6.07, 6.45) is 4.59. The minimum Gasteiger partial charge on any atom is -0.394 e. The minimum absolute atomic E-state index is 0.136. The third-order valence-corrected chi connectivity index (χ3v) is 2.71. The van der Waals surface area contributed by atoms with Gasteiger partial charge in [-0.1, -0.05) is 13.8 Å². The van der Waals surface area contributed by atoms with Gasteiger partial charge in [-0.2, -0.15) is 5.10 Å². The Kier molecular flexibility index (Phi) is 4.50. The fourth-order valence-corrected chi connectivity index (χ4v) is 2.15. The summed E-state index contributed by atoms with van der Waals surface area (Å²) in [5.74, 6) is 0. The van der Waals surface area contributed by atoms with Crippen LogP contribution >= 0.6 is 0 Å². The first kappa shape index (κ1) is 13.2. The van der Waals surface area contributed by atoms with Crippen molar-refractivity contribution in [3.63, 3.8) is 0 Å². The number of hydrogen-bond donors (Lipinski definition) is 2. The van der Waals surface area contributed by atoms with Gasteiger partial charge in [-0.15, -0.1) is 0 Å². The first-order valence-corrected chi connectivity index (χ1v) is 5.84. The molecule has 2 N–H and O–H groups in total. The highest BCUT2D eigenvalue weighted by atomic mass is 16.3. The van der Waals surface area contributed by atoms with Crippen molar-refractivity contribution >= 4 is 0 Å². The molecule has 4 nitrogen and oxygen atoms in total. The van der Waals surface area contributed by atoms with Gasteiger partial charge in [0.25, 0.3) is 0 Å². The van der Waals surface area contributed by atoms with Crippen LogP contribution in [0.15, 0.2) is 18.5 Å². The lowest BCUT2D eigenvalue weighted by atomic mass is 9.93. The van der Waals surface area contributed by atoms with Crippen LogP contribution in [0.4, 0.5) is 0 Å². The van der Waals surface area contributed by atoms with Crippen LogP contribution in [0.3, 0.4) is 0 Å². The van der Waals surface area contributed by atoms with Crippen LogP contribution in [0.25, 0.3) is 0 Å². The van der Waals surface area contributed by atoms with E-state index in [0.29, 0.717) is 6.04 Å². The Labute approximate surface area is 97.7 Å². The largest absolute Gasteiger partial charge is 0.394 e. The summed E-state index contributed by atoms with van der Waals surface area (Å²) in [5, 5.41) is 17.1. The molecule has 1 rings (SSSR count). The van der Waals surface area contributed by atoms with E-state index < -0.39 is 0 Å². The molecule has 1 aromatic rings.